The summed E-state index contributed by atoms with van der Waals surface area (Å²) < 4.78 is 39.8. The van der Waals surface area contributed by atoms with Gasteiger partial charge >= 0.3 is 5.97 Å². The zero-order valence-electron chi connectivity index (χ0n) is 32.5. The molecule has 4 bridgehead atoms. The van der Waals surface area contributed by atoms with Gasteiger partial charge in [-0.25, -0.2) is 4.79 Å². The Morgan fingerprint density at radius 2 is 1.81 bits per heavy atom. The number of ether oxygens (including phenoxy) is 6. The van der Waals surface area contributed by atoms with E-state index >= 15 is 4.79 Å². The molecule has 11 heteroatoms. The van der Waals surface area contributed by atoms with E-state index in [0.29, 0.717) is 52.6 Å². The van der Waals surface area contributed by atoms with Crippen LogP contribution in [0.1, 0.15) is 97.8 Å². The lowest BCUT2D eigenvalue weighted by Gasteiger charge is -2.61. The van der Waals surface area contributed by atoms with Gasteiger partial charge in [0.25, 0.3) is 0 Å². The number of methoxy groups -OCH3 is 1. The van der Waals surface area contributed by atoms with Crippen molar-refractivity contribution in [3.8, 4) is 23.3 Å². The molecule has 286 valence electrons. The van der Waals surface area contributed by atoms with Gasteiger partial charge in [-0.3, -0.25) is 4.79 Å². The number of Topliss-reactive ketones (excluding diaryl/α,β-unsaturated/α-hetero) is 1. The van der Waals surface area contributed by atoms with E-state index in [1.165, 1.54) is 12.7 Å². The van der Waals surface area contributed by atoms with Crippen LogP contribution in [0.25, 0.3) is 11.8 Å². The number of nitrogens with zero attached hydrogens (tertiary/aromatic N) is 1. The second kappa shape index (κ2) is 13.2. The molecule has 4 heterocycles. The maximum atomic E-state index is 15.2. The SMILES string of the molecule is COC(=O)/C(C)=C\CC12OC(C)(C)C3CC(C1=O)C1C(C#N)=C(N)OC4=C1C32Oc1c(CC=C(C)C)c2c(c(OCBr)c14)C=CC(C)(CCC=C(C)C)O2. The highest BCUT2D eigenvalue weighted by Crippen LogP contribution is 2.74. The Bertz CT molecular complexity index is 2090. The molecule has 54 heavy (non-hydrogen) atoms. The fourth-order valence-electron chi connectivity index (χ4n) is 9.73. The van der Waals surface area contributed by atoms with Crippen LogP contribution in [0.3, 0.4) is 0 Å². The predicted octanol–water partition coefficient (Wildman–Crippen LogP) is 8.30. The molecule has 4 aliphatic heterocycles. The molecule has 1 aromatic rings. The minimum Gasteiger partial charge on any atom is -0.482 e. The molecule has 0 aromatic heterocycles. The first kappa shape index (κ1) is 38.0. The van der Waals surface area contributed by atoms with Crippen LogP contribution in [0.15, 0.2) is 58.1 Å². The van der Waals surface area contributed by atoms with Gasteiger partial charge in [-0.1, -0.05) is 29.4 Å². The van der Waals surface area contributed by atoms with E-state index in [9.17, 15) is 10.1 Å². The third-order valence-corrected chi connectivity index (χ3v) is 12.3. The lowest BCUT2D eigenvalue weighted by Crippen LogP contribution is -2.75. The number of ketones is 1. The summed E-state index contributed by atoms with van der Waals surface area (Å²) in [6, 6.07) is 2.28. The van der Waals surface area contributed by atoms with Crippen LogP contribution in [-0.2, 0) is 30.2 Å². The summed E-state index contributed by atoms with van der Waals surface area (Å²) in [5.74, 6) is -0.500. The van der Waals surface area contributed by atoms with Crippen LogP contribution in [0.2, 0.25) is 0 Å². The van der Waals surface area contributed by atoms with Crippen molar-refractivity contribution < 1.29 is 38.0 Å². The quantitative estimate of drug-likeness (QED) is 0.106. The number of allylic oxidation sites excluding steroid dienone is 5. The smallest absolute Gasteiger partial charge is 0.333 e. The summed E-state index contributed by atoms with van der Waals surface area (Å²) in [5, 5.41) is 10.6. The molecule has 4 fully saturated rings. The zero-order chi connectivity index (χ0) is 39.1. The molecular weight excluding hydrogens is 752 g/mol. The molecule has 8 rings (SSSR count). The molecule has 7 aliphatic rings. The van der Waals surface area contributed by atoms with E-state index in [-0.39, 0.29) is 35.1 Å². The first-order valence-electron chi connectivity index (χ1n) is 18.6. The number of nitriles is 1. The monoisotopic (exact) mass is 800 g/mol. The lowest BCUT2D eigenvalue weighted by molar-refractivity contribution is -0.181. The predicted molar refractivity (Wildman–Crippen MR) is 207 cm³/mol. The Hall–Kier alpha value is -4.27. The van der Waals surface area contributed by atoms with Crippen molar-refractivity contribution in [2.75, 3.05) is 12.6 Å². The van der Waals surface area contributed by atoms with E-state index < -0.39 is 40.2 Å². The minimum atomic E-state index is -1.58. The van der Waals surface area contributed by atoms with Gasteiger partial charge in [-0.2, -0.15) is 5.26 Å². The standard InChI is InChI=1S/C43H49BrN2O8/c1-22(2)11-10-16-41(8)17-15-26-33(52-41)25(13-12-23(3)4)35-31(34(26)50-21-44)36-32-30(28(20-45)38(46)51-36)27-19-29-40(6,7)54-42(37(27)47,43(29,32)53-35)18-14-24(5)39(48)49-9/h11-12,14-15,17,27,29-30H,10,13,16,18-19,21,46H2,1-9H3/b24-14-. The Balaban J connectivity index is 1.57. The Morgan fingerprint density at radius 3 is 2.46 bits per heavy atom. The molecule has 3 aliphatic carbocycles. The van der Waals surface area contributed by atoms with E-state index in [0.717, 1.165) is 29.5 Å². The number of rotatable bonds is 10. The third-order valence-electron chi connectivity index (χ3n) is 12.1. The highest BCUT2D eigenvalue weighted by Gasteiger charge is 2.84. The van der Waals surface area contributed by atoms with Crippen molar-refractivity contribution >= 4 is 39.5 Å². The van der Waals surface area contributed by atoms with Gasteiger partial charge in [-0.15, -0.1) is 0 Å². The minimum absolute atomic E-state index is 0.0315. The van der Waals surface area contributed by atoms with Gasteiger partial charge in [0, 0.05) is 40.9 Å². The normalized spacial score (nSPS) is 30.6. The van der Waals surface area contributed by atoms with Gasteiger partial charge in [-0.05, 0) is 109 Å². The highest BCUT2D eigenvalue weighted by molar-refractivity contribution is 9.09. The number of fused-ring (bicyclic) bond motifs is 3. The van der Waals surface area contributed by atoms with E-state index in [1.807, 2.05) is 27.7 Å². The number of benzene rings is 1. The zero-order valence-corrected chi connectivity index (χ0v) is 34.1. The lowest BCUT2D eigenvalue weighted by atomic mass is 9.45. The van der Waals surface area contributed by atoms with E-state index in [4.69, 9.17) is 34.2 Å². The molecule has 6 atom stereocenters. The van der Waals surface area contributed by atoms with Crippen LogP contribution >= 0.6 is 15.9 Å². The van der Waals surface area contributed by atoms with Crippen molar-refractivity contribution in [1.82, 2.24) is 0 Å². The number of halogens is 1. The average Bonchev–Trinajstić information content (AvgIpc) is 3.25. The number of alkyl halides is 1. The molecule has 0 radical (unpaired) electrons. The fraction of sp³-hybridized carbons (Fsp3) is 0.512. The molecule has 6 unspecified atom stereocenters. The van der Waals surface area contributed by atoms with Gasteiger partial charge in [0.2, 0.25) is 5.88 Å². The van der Waals surface area contributed by atoms with Crippen LogP contribution in [0.4, 0.5) is 0 Å². The summed E-state index contributed by atoms with van der Waals surface area (Å²) in [4.78, 5) is 27.9. The molecule has 10 nitrogen and oxygen atoms in total. The Labute approximate surface area is 325 Å². The van der Waals surface area contributed by atoms with Gasteiger partial charge in [0.15, 0.2) is 17.0 Å². The van der Waals surface area contributed by atoms with Crippen molar-refractivity contribution in [2.45, 2.75) is 110 Å². The summed E-state index contributed by atoms with van der Waals surface area (Å²) in [5.41, 5.74) is 7.83. The summed E-state index contributed by atoms with van der Waals surface area (Å²) >= 11 is 3.51. The van der Waals surface area contributed by atoms with Crippen molar-refractivity contribution in [3.05, 3.63) is 74.7 Å². The topological polar surface area (TPSA) is 139 Å². The van der Waals surface area contributed by atoms with Gasteiger partial charge < -0.3 is 34.2 Å². The van der Waals surface area contributed by atoms with Crippen LogP contribution in [0.5, 0.6) is 17.2 Å². The second-order valence-corrected chi connectivity index (χ2v) is 16.9. The molecule has 1 spiro atoms. The third kappa shape index (κ3) is 5.34. The fourth-order valence-corrected chi connectivity index (χ4v) is 9.96. The van der Waals surface area contributed by atoms with Crippen molar-refractivity contribution in [2.24, 2.45) is 23.5 Å². The summed E-state index contributed by atoms with van der Waals surface area (Å²) in [7, 11) is 1.32. The summed E-state index contributed by atoms with van der Waals surface area (Å²) in [6.45, 7) is 15.9. The second-order valence-electron chi connectivity index (χ2n) is 16.5. The molecule has 1 aromatic carbocycles. The van der Waals surface area contributed by atoms with E-state index in [2.05, 4.69) is 67.1 Å². The molecule has 1 saturated heterocycles. The first-order valence-corrected chi connectivity index (χ1v) is 19.7. The first-order chi connectivity index (χ1) is 25.5. The van der Waals surface area contributed by atoms with Gasteiger partial charge in [0.1, 0.15) is 45.8 Å². The molecule has 0 amide bonds. The Morgan fingerprint density at radius 1 is 1.09 bits per heavy atom. The molecule has 3 saturated carbocycles. The number of esters is 1. The summed E-state index contributed by atoms with van der Waals surface area (Å²) in [6.07, 6.45) is 12.6. The number of nitrogens with two attached hydrogens (primary N) is 1. The molecule has 2 N–H and O–H groups in total. The Kier molecular flexibility index (Phi) is 9.29. The maximum Gasteiger partial charge on any atom is 0.333 e. The number of carbonyl (C=O) groups excluding carboxylic acids is 2. The maximum absolute atomic E-state index is 15.2. The molecular formula is C43H49BrN2O8. The van der Waals surface area contributed by atoms with Gasteiger partial charge in [0.05, 0.1) is 23.8 Å². The number of hydrogen-bond acceptors (Lipinski definition) is 10. The van der Waals surface area contributed by atoms with Crippen LogP contribution in [-0.4, -0.2) is 46.8 Å². The van der Waals surface area contributed by atoms with E-state index in [1.54, 1.807) is 13.0 Å². The highest BCUT2D eigenvalue weighted by atomic mass is 79.9. The van der Waals surface area contributed by atoms with Crippen LogP contribution < -0.4 is 19.9 Å². The average molecular weight is 802 g/mol. The van der Waals surface area contributed by atoms with Crippen molar-refractivity contribution in [3.63, 3.8) is 0 Å². The largest absolute Gasteiger partial charge is 0.482 e. The number of carbonyl (C=O) groups is 2. The number of hydrogen-bond donors (Lipinski definition) is 1. The van der Waals surface area contributed by atoms with Crippen LogP contribution in [0, 0.1) is 29.1 Å². The van der Waals surface area contributed by atoms with Crippen molar-refractivity contribution in [1.29, 1.82) is 5.26 Å².